The number of carbonyl (C=O) groups is 1. The molecule has 0 heterocycles. The third-order valence-electron chi connectivity index (χ3n) is 4.23. The van der Waals surface area contributed by atoms with Crippen LogP contribution in [0.1, 0.15) is 56.6 Å². The van der Waals surface area contributed by atoms with E-state index in [1.165, 1.54) is 32.1 Å². The summed E-state index contributed by atoms with van der Waals surface area (Å²) < 4.78 is 0. The highest BCUT2D eigenvalue weighted by Gasteiger charge is 2.14. The highest BCUT2D eigenvalue weighted by Crippen LogP contribution is 2.25. The van der Waals surface area contributed by atoms with Crippen LogP contribution in [0.4, 0.5) is 0 Å². The number of amides is 1. The van der Waals surface area contributed by atoms with Gasteiger partial charge in [-0.2, -0.15) is 0 Å². The summed E-state index contributed by atoms with van der Waals surface area (Å²) in [6.07, 6.45) is 8.25. The van der Waals surface area contributed by atoms with Crippen LogP contribution >= 0.6 is 0 Å². The molecule has 3 heteroatoms. The Hall–Kier alpha value is -1.35. The largest absolute Gasteiger partial charge is 0.356 e. The quantitative estimate of drug-likeness (QED) is 0.837. The van der Waals surface area contributed by atoms with Gasteiger partial charge in [0.1, 0.15) is 0 Å². The molecule has 0 aromatic heterocycles. The Kier molecular flexibility index (Phi) is 6.06. The van der Waals surface area contributed by atoms with Crippen molar-refractivity contribution in [1.29, 1.82) is 0 Å². The second-order valence-corrected chi connectivity index (χ2v) is 5.86. The summed E-state index contributed by atoms with van der Waals surface area (Å²) in [5, 5.41) is 3.01. The van der Waals surface area contributed by atoms with E-state index in [9.17, 15) is 4.79 Å². The first-order valence-electron chi connectivity index (χ1n) is 7.83. The molecular weight excluding hydrogens is 248 g/mol. The van der Waals surface area contributed by atoms with Crippen LogP contribution in [0.3, 0.4) is 0 Å². The van der Waals surface area contributed by atoms with Crippen molar-refractivity contribution >= 4 is 5.91 Å². The molecule has 1 aliphatic carbocycles. The van der Waals surface area contributed by atoms with Crippen molar-refractivity contribution in [3.05, 3.63) is 35.9 Å². The Morgan fingerprint density at radius 1 is 1.20 bits per heavy atom. The maximum absolute atomic E-state index is 11.9. The third kappa shape index (κ3) is 4.97. The van der Waals surface area contributed by atoms with Crippen LogP contribution in [0.2, 0.25) is 0 Å². The smallest absolute Gasteiger partial charge is 0.221 e. The van der Waals surface area contributed by atoms with Gasteiger partial charge in [-0.1, -0.05) is 62.4 Å². The van der Waals surface area contributed by atoms with Crippen molar-refractivity contribution in [3.8, 4) is 0 Å². The Morgan fingerprint density at radius 3 is 2.60 bits per heavy atom. The maximum atomic E-state index is 11.9. The van der Waals surface area contributed by atoms with Gasteiger partial charge in [0.2, 0.25) is 5.91 Å². The molecule has 0 bridgehead atoms. The van der Waals surface area contributed by atoms with Gasteiger partial charge in [-0.15, -0.1) is 0 Å². The van der Waals surface area contributed by atoms with Crippen molar-refractivity contribution in [3.63, 3.8) is 0 Å². The van der Waals surface area contributed by atoms with Gasteiger partial charge in [0.15, 0.2) is 0 Å². The molecule has 1 aromatic carbocycles. The van der Waals surface area contributed by atoms with E-state index in [0.29, 0.717) is 6.42 Å². The highest BCUT2D eigenvalue weighted by atomic mass is 16.1. The first-order valence-corrected chi connectivity index (χ1v) is 7.83. The fourth-order valence-electron chi connectivity index (χ4n) is 2.98. The molecule has 1 atom stereocenters. The number of nitrogens with two attached hydrogens (primary N) is 1. The van der Waals surface area contributed by atoms with Crippen LogP contribution in [0.5, 0.6) is 0 Å². The van der Waals surface area contributed by atoms with Crippen LogP contribution in [-0.4, -0.2) is 12.5 Å². The topological polar surface area (TPSA) is 55.1 Å². The summed E-state index contributed by atoms with van der Waals surface area (Å²) in [6.45, 7) is 0.797. The molecule has 1 saturated carbocycles. The van der Waals surface area contributed by atoms with E-state index in [2.05, 4.69) is 5.32 Å². The third-order valence-corrected chi connectivity index (χ3v) is 4.23. The Labute approximate surface area is 121 Å². The Balaban J connectivity index is 1.65. The predicted molar refractivity (Wildman–Crippen MR) is 82.2 cm³/mol. The summed E-state index contributed by atoms with van der Waals surface area (Å²) in [5.41, 5.74) is 7.07. The first kappa shape index (κ1) is 15.0. The Morgan fingerprint density at radius 2 is 1.90 bits per heavy atom. The standard InChI is InChI=1S/C17H26N2O/c18-16(15-9-5-2-6-10-15)13-17(20)19-12-11-14-7-3-1-4-8-14/h2,5-6,9-10,14,16H,1,3-4,7-8,11-13,18H2,(H,19,20). The lowest BCUT2D eigenvalue weighted by Crippen LogP contribution is -2.29. The molecule has 2 rings (SSSR count). The van der Waals surface area contributed by atoms with E-state index < -0.39 is 0 Å². The molecule has 0 radical (unpaired) electrons. The zero-order valence-electron chi connectivity index (χ0n) is 12.2. The minimum Gasteiger partial charge on any atom is -0.356 e. The first-order chi connectivity index (χ1) is 9.75. The van der Waals surface area contributed by atoms with Gasteiger partial charge in [-0.25, -0.2) is 0 Å². The lowest BCUT2D eigenvalue weighted by molar-refractivity contribution is -0.121. The van der Waals surface area contributed by atoms with Crippen LogP contribution in [0, 0.1) is 5.92 Å². The van der Waals surface area contributed by atoms with Gasteiger partial charge in [0, 0.05) is 19.0 Å². The van der Waals surface area contributed by atoms with Crippen molar-refractivity contribution in [2.45, 2.75) is 51.0 Å². The van der Waals surface area contributed by atoms with Crippen molar-refractivity contribution in [2.24, 2.45) is 11.7 Å². The zero-order valence-corrected chi connectivity index (χ0v) is 12.2. The molecule has 0 spiro atoms. The number of hydrogen-bond acceptors (Lipinski definition) is 2. The van der Waals surface area contributed by atoms with Crippen molar-refractivity contribution < 1.29 is 4.79 Å². The summed E-state index contributed by atoms with van der Waals surface area (Å²) >= 11 is 0. The van der Waals surface area contributed by atoms with Crippen molar-refractivity contribution in [2.75, 3.05) is 6.54 Å². The lowest BCUT2D eigenvalue weighted by atomic mass is 9.87. The van der Waals surface area contributed by atoms with Gasteiger partial charge in [0.25, 0.3) is 0 Å². The minimum atomic E-state index is -0.203. The van der Waals surface area contributed by atoms with E-state index >= 15 is 0 Å². The zero-order chi connectivity index (χ0) is 14.2. The molecule has 0 aliphatic heterocycles. The summed E-state index contributed by atoms with van der Waals surface area (Å²) in [7, 11) is 0. The Bertz CT molecular complexity index is 399. The molecule has 3 N–H and O–H groups in total. The van der Waals surface area contributed by atoms with Gasteiger partial charge < -0.3 is 11.1 Å². The normalized spacial score (nSPS) is 17.6. The molecule has 1 amide bonds. The van der Waals surface area contributed by atoms with Crippen molar-refractivity contribution in [1.82, 2.24) is 5.32 Å². The molecular formula is C17H26N2O. The number of benzene rings is 1. The SMILES string of the molecule is NC(CC(=O)NCCC1CCCCC1)c1ccccc1. The molecule has 110 valence electrons. The second kappa shape index (κ2) is 8.05. The van der Waals surface area contributed by atoms with Crippen LogP contribution in [0.25, 0.3) is 0 Å². The number of rotatable bonds is 6. The number of nitrogens with one attached hydrogen (secondary N) is 1. The van der Waals surface area contributed by atoms with E-state index in [4.69, 9.17) is 5.73 Å². The number of hydrogen-bond donors (Lipinski definition) is 2. The highest BCUT2D eigenvalue weighted by molar-refractivity contribution is 5.76. The summed E-state index contributed by atoms with van der Waals surface area (Å²) in [4.78, 5) is 11.9. The number of carbonyl (C=O) groups excluding carboxylic acids is 1. The molecule has 20 heavy (non-hydrogen) atoms. The van der Waals surface area contributed by atoms with E-state index in [1.807, 2.05) is 30.3 Å². The van der Waals surface area contributed by atoms with E-state index in [1.54, 1.807) is 0 Å². The van der Waals surface area contributed by atoms with Crippen LogP contribution in [-0.2, 0) is 4.79 Å². The fraction of sp³-hybridized carbons (Fsp3) is 0.588. The van der Waals surface area contributed by atoms with Gasteiger partial charge in [0.05, 0.1) is 0 Å². The molecule has 1 aliphatic rings. The van der Waals surface area contributed by atoms with E-state index in [-0.39, 0.29) is 11.9 Å². The summed E-state index contributed by atoms with van der Waals surface area (Å²) in [5.74, 6) is 0.879. The molecule has 1 unspecified atom stereocenters. The van der Waals surface area contributed by atoms with Crippen LogP contribution < -0.4 is 11.1 Å². The molecule has 1 fully saturated rings. The average Bonchev–Trinajstić information content (AvgIpc) is 2.49. The van der Waals surface area contributed by atoms with E-state index in [0.717, 1.165) is 24.4 Å². The monoisotopic (exact) mass is 274 g/mol. The molecule has 0 saturated heterocycles. The van der Waals surface area contributed by atoms with Gasteiger partial charge in [-0.05, 0) is 17.9 Å². The van der Waals surface area contributed by atoms with Crippen LogP contribution in [0.15, 0.2) is 30.3 Å². The molecule has 1 aromatic rings. The minimum absolute atomic E-state index is 0.0668. The second-order valence-electron chi connectivity index (χ2n) is 5.86. The maximum Gasteiger partial charge on any atom is 0.221 e. The fourth-order valence-corrected chi connectivity index (χ4v) is 2.98. The lowest BCUT2D eigenvalue weighted by Gasteiger charge is -2.21. The average molecular weight is 274 g/mol. The predicted octanol–water partition coefficient (Wildman–Crippen LogP) is 3.16. The van der Waals surface area contributed by atoms with Gasteiger partial charge in [-0.3, -0.25) is 4.79 Å². The molecule has 3 nitrogen and oxygen atoms in total. The van der Waals surface area contributed by atoms with Gasteiger partial charge >= 0.3 is 0 Å². The summed E-state index contributed by atoms with van der Waals surface area (Å²) in [6, 6.07) is 9.61.